The van der Waals surface area contributed by atoms with Crippen LogP contribution in [0.4, 0.5) is 0 Å². The molecule has 2 nitrogen and oxygen atoms in total. The van der Waals surface area contributed by atoms with Crippen molar-refractivity contribution in [3.05, 3.63) is 0 Å². The number of hydrogen-bond acceptors (Lipinski definition) is 2. The van der Waals surface area contributed by atoms with E-state index in [0.29, 0.717) is 12.0 Å². The number of fused-ring (bicyclic) bond motifs is 2. The van der Waals surface area contributed by atoms with Crippen molar-refractivity contribution < 1.29 is 0 Å². The molecule has 0 aromatic heterocycles. The molecule has 2 bridgehead atoms. The Morgan fingerprint density at radius 1 is 0.833 bits per heavy atom. The molecule has 2 saturated carbocycles. The molecule has 0 aromatic carbocycles. The number of hydrogen-bond donors (Lipinski definition) is 0. The Hall–Kier alpha value is -0.550. The highest BCUT2D eigenvalue weighted by atomic mass is 15.2. The average molecular weight is 246 g/mol. The van der Waals surface area contributed by atoms with Crippen molar-refractivity contribution in [2.75, 3.05) is 13.1 Å². The van der Waals surface area contributed by atoms with Gasteiger partial charge in [0, 0.05) is 19.1 Å². The van der Waals surface area contributed by atoms with Crippen LogP contribution in [0.1, 0.15) is 57.8 Å². The van der Waals surface area contributed by atoms with Crippen LogP contribution < -0.4 is 0 Å². The average Bonchev–Trinajstić information content (AvgIpc) is 2.63. The predicted octanol–water partition coefficient (Wildman–Crippen LogP) is 3.58. The van der Waals surface area contributed by atoms with Crippen molar-refractivity contribution in [3.8, 4) is 6.07 Å². The first-order chi connectivity index (χ1) is 8.86. The van der Waals surface area contributed by atoms with Crippen LogP contribution in [-0.2, 0) is 0 Å². The maximum absolute atomic E-state index is 9.44. The normalized spacial score (nSPS) is 41.9. The van der Waals surface area contributed by atoms with Gasteiger partial charge < -0.3 is 0 Å². The summed E-state index contributed by atoms with van der Waals surface area (Å²) in [6, 6.07) is 3.20. The second kappa shape index (κ2) is 5.61. The smallest absolute Gasteiger partial charge is 0.0672 e. The van der Waals surface area contributed by atoms with Gasteiger partial charge >= 0.3 is 0 Å². The third-order valence-corrected chi connectivity index (χ3v) is 5.49. The highest BCUT2D eigenvalue weighted by Crippen LogP contribution is 2.38. The molecule has 3 fully saturated rings. The van der Waals surface area contributed by atoms with Crippen molar-refractivity contribution in [2.24, 2.45) is 17.8 Å². The highest BCUT2D eigenvalue weighted by molar-refractivity contribution is 4.97. The summed E-state index contributed by atoms with van der Waals surface area (Å²) in [6.07, 6.45) is 12.2. The number of likely N-dealkylation sites (tertiary alicyclic amines) is 1. The molecule has 2 aliphatic carbocycles. The zero-order valence-corrected chi connectivity index (χ0v) is 11.5. The lowest BCUT2D eigenvalue weighted by Crippen LogP contribution is -2.49. The van der Waals surface area contributed by atoms with E-state index in [9.17, 15) is 5.26 Å². The van der Waals surface area contributed by atoms with Crippen molar-refractivity contribution in [1.82, 2.24) is 4.90 Å². The monoisotopic (exact) mass is 246 g/mol. The summed E-state index contributed by atoms with van der Waals surface area (Å²) >= 11 is 0. The van der Waals surface area contributed by atoms with Gasteiger partial charge in [-0.1, -0.05) is 25.7 Å². The molecular weight excluding hydrogens is 220 g/mol. The fourth-order valence-corrected chi connectivity index (χ4v) is 4.62. The molecule has 1 heterocycles. The third kappa shape index (κ3) is 2.57. The fraction of sp³-hybridized carbons (Fsp3) is 0.938. The fourth-order valence-electron chi connectivity index (χ4n) is 4.62. The molecule has 18 heavy (non-hydrogen) atoms. The molecule has 2 heteroatoms. The Balaban J connectivity index is 1.70. The second-order valence-corrected chi connectivity index (χ2v) is 6.79. The maximum Gasteiger partial charge on any atom is 0.0672 e. The third-order valence-electron chi connectivity index (χ3n) is 5.49. The van der Waals surface area contributed by atoms with Gasteiger partial charge in [-0.25, -0.2) is 0 Å². The molecular formula is C16H26N2. The van der Waals surface area contributed by atoms with Crippen molar-refractivity contribution in [2.45, 2.75) is 63.8 Å². The summed E-state index contributed by atoms with van der Waals surface area (Å²) in [5.41, 5.74) is 0. The van der Waals surface area contributed by atoms with Gasteiger partial charge in [0.15, 0.2) is 0 Å². The number of nitriles is 1. The van der Waals surface area contributed by atoms with E-state index in [1.807, 2.05) is 0 Å². The maximum atomic E-state index is 9.44. The summed E-state index contributed by atoms with van der Waals surface area (Å²) in [7, 11) is 0. The van der Waals surface area contributed by atoms with Gasteiger partial charge in [0.05, 0.1) is 12.0 Å². The Morgan fingerprint density at radius 3 is 2.28 bits per heavy atom. The van der Waals surface area contributed by atoms with Gasteiger partial charge in [-0.2, -0.15) is 5.26 Å². The Kier molecular flexibility index (Phi) is 3.89. The van der Waals surface area contributed by atoms with Crippen LogP contribution in [0.15, 0.2) is 0 Å². The zero-order chi connectivity index (χ0) is 12.4. The Bertz CT molecular complexity index is 308. The molecule has 1 saturated heterocycles. The van der Waals surface area contributed by atoms with Crippen molar-refractivity contribution >= 4 is 0 Å². The Labute approximate surface area is 111 Å². The predicted molar refractivity (Wildman–Crippen MR) is 73.0 cm³/mol. The topological polar surface area (TPSA) is 27.0 Å². The minimum Gasteiger partial charge on any atom is -0.299 e. The van der Waals surface area contributed by atoms with E-state index >= 15 is 0 Å². The van der Waals surface area contributed by atoms with Gasteiger partial charge in [-0.05, 0) is 43.9 Å². The van der Waals surface area contributed by atoms with Gasteiger partial charge in [0.2, 0.25) is 0 Å². The largest absolute Gasteiger partial charge is 0.299 e. The SMILES string of the molecule is N#CC1CCCCCC1N1CC2CCCC(C2)C1. The van der Waals surface area contributed by atoms with E-state index in [1.165, 1.54) is 64.5 Å². The van der Waals surface area contributed by atoms with Crippen LogP contribution in [0.25, 0.3) is 0 Å². The van der Waals surface area contributed by atoms with Gasteiger partial charge in [-0.15, -0.1) is 0 Å². The van der Waals surface area contributed by atoms with E-state index in [4.69, 9.17) is 0 Å². The first-order valence-electron chi connectivity index (χ1n) is 8.00. The van der Waals surface area contributed by atoms with E-state index in [0.717, 1.165) is 18.3 Å². The summed E-state index contributed by atoms with van der Waals surface area (Å²) < 4.78 is 0. The molecule has 4 atom stereocenters. The quantitative estimate of drug-likeness (QED) is 0.661. The molecule has 0 radical (unpaired) electrons. The van der Waals surface area contributed by atoms with Gasteiger partial charge in [0.1, 0.15) is 0 Å². The van der Waals surface area contributed by atoms with Crippen LogP contribution in [0.5, 0.6) is 0 Å². The first kappa shape index (κ1) is 12.5. The highest BCUT2D eigenvalue weighted by Gasteiger charge is 2.36. The molecule has 0 amide bonds. The lowest BCUT2D eigenvalue weighted by molar-refractivity contribution is 0.0372. The van der Waals surface area contributed by atoms with Gasteiger partial charge in [-0.3, -0.25) is 4.90 Å². The van der Waals surface area contributed by atoms with E-state index in [1.54, 1.807) is 0 Å². The zero-order valence-electron chi connectivity index (χ0n) is 11.5. The Morgan fingerprint density at radius 2 is 1.56 bits per heavy atom. The molecule has 0 aromatic rings. The number of rotatable bonds is 1. The molecule has 4 unspecified atom stereocenters. The molecule has 100 valence electrons. The molecule has 0 spiro atoms. The first-order valence-corrected chi connectivity index (χ1v) is 8.00. The number of piperidine rings is 1. The molecule has 1 aliphatic heterocycles. The van der Waals surface area contributed by atoms with Crippen molar-refractivity contribution in [1.29, 1.82) is 5.26 Å². The van der Waals surface area contributed by atoms with Crippen LogP contribution in [0.2, 0.25) is 0 Å². The van der Waals surface area contributed by atoms with E-state index < -0.39 is 0 Å². The summed E-state index contributed by atoms with van der Waals surface area (Å²) in [6.45, 7) is 2.58. The minimum absolute atomic E-state index is 0.311. The summed E-state index contributed by atoms with van der Waals surface area (Å²) in [5, 5.41) is 9.44. The van der Waals surface area contributed by atoms with Crippen LogP contribution in [-0.4, -0.2) is 24.0 Å². The summed E-state index contributed by atoms with van der Waals surface area (Å²) in [4.78, 5) is 2.72. The van der Waals surface area contributed by atoms with E-state index in [2.05, 4.69) is 11.0 Å². The van der Waals surface area contributed by atoms with Crippen LogP contribution >= 0.6 is 0 Å². The molecule has 3 rings (SSSR count). The molecule has 0 N–H and O–H groups in total. The lowest BCUT2D eigenvalue weighted by atomic mass is 9.76. The minimum atomic E-state index is 0.311. The van der Waals surface area contributed by atoms with Gasteiger partial charge in [0.25, 0.3) is 0 Å². The standard InChI is InChI=1S/C16H26N2/c17-10-15-7-2-1-3-8-16(15)18-11-13-5-4-6-14(9-13)12-18/h13-16H,1-9,11-12H2. The van der Waals surface area contributed by atoms with Crippen LogP contribution in [0, 0.1) is 29.1 Å². The summed E-state index contributed by atoms with van der Waals surface area (Å²) in [5.74, 6) is 2.20. The second-order valence-electron chi connectivity index (χ2n) is 6.79. The van der Waals surface area contributed by atoms with Crippen LogP contribution in [0.3, 0.4) is 0 Å². The molecule has 3 aliphatic rings. The van der Waals surface area contributed by atoms with E-state index in [-0.39, 0.29) is 0 Å². The van der Waals surface area contributed by atoms with Crippen molar-refractivity contribution in [3.63, 3.8) is 0 Å². The lowest BCUT2D eigenvalue weighted by Gasteiger charge is -2.45. The number of nitrogens with zero attached hydrogens (tertiary/aromatic N) is 2.